The van der Waals surface area contributed by atoms with Crippen LogP contribution >= 0.6 is 11.6 Å². The van der Waals surface area contributed by atoms with Crippen molar-refractivity contribution in [1.82, 2.24) is 35.5 Å². The van der Waals surface area contributed by atoms with Gasteiger partial charge >= 0.3 is 5.97 Å². The summed E-state index contributed by atoms with van der Waals surface area (Å²) in [6.07, 6.45) is 7.20. The third-order valence-corrected chi connectivity index (χ3v) is 12.0. The fraction of sp³-hybridized carbons (Fsp3) is 0.353. The summed E-state index contributed by atoms with van der Waals surface area (Å²) in [6.45, 7) is 1.27. The lowest BCUT2D eigenvalue weighted by molar-refractivity contribution is -0.121. The molecule has 0 saturated carbocycles. The van der Waals surface area contributed by atoms with Gasteiger partial charge in [-0.1, -0.05) is 11.3 Å². The number of alkyl halides is 1. The molecular formula is C51H61ClN11O7+. The number of unbranched alkanes of at least 4 members (excludes halogenated alkanes) is 3. The number of nitrogens with two attached hydrogens (primary N) is 2. The Bertz CT molecular complexity index is 2910. The fourth-order valence-electron chi connectivity index (χ4n) is 7.83. The first-order chi connectivity index (χ1) is 33.6. The van der Waals surface area contributed by atoms with Gasteiger partial charge in [-0.3, -0.25) is 24.2 Å². The van der Waals surface area contributed by atoms with Crippen LogP contribution in [0.25, 0.3) is 39.1 Å². The van der Waals surface area contributed by atoms with Crippen LogP contribution in [-0.2, 0) is 16.0 Å². The van der Waals surface area contributed by atoms with E-state index >= 15 is 0 Å². The highest BCUT2D eigenvalue weighted by Gasteiger charge is 2.24. The number of amidine groups is 1. The molecular weight excluding hydrogens is 914 g/mol. The number of aromatic nitrogens is 3. The molecule has 18 nitrogen and oxygen atoms in total. The minimum atomic E-state index is -1.15. The van der Waals surface area contributed by atoms with Crippen LogP contribution in [0.15, 0.2) is 94.5 Å². The number of halogens is 1. The van der Waals surface area contributed by atoms with Gasteiger partial charge in [0.05, 0.1) is 35.1 Å². The van der Waals surface area contributed by atoms with Crippen LogP contribution in [-0.4, -0.2) is 115 Å². The zero-order valence-electron chi connectivity index (χ0n) is 40.0. The molecule has 8 N–H and O–H groups in total. The Morgan fingerprint density at radius 1 is 0.843 bits per heavy atom. The summed E-state index contributed by atoms with van der Waals surface area (Å²) in [6, 6.07) is 22.3. The number of rotatable bonds is 24. The topological polar surface area (TPSA) is 256 Å². The predicted octanol–water partition coefficient (Wildman–Crippen LogP) is 4.97. The molecule has 2 heterocycles. The summed E-state index contributed by atoms with van der Waals surface area (Å²) >= 11 is 5.62. The second kappa shape index (κ2) is 24.6. The number of carbonyl (C=O) groups is 5. The lowest BCUT2D eigenvalue weighted by Gasteiger charge is -2.19. The van der Waals surface area contributed by atoms with Crippen LogP contribution in [0.5, 0.6) is 0 Å². The van der Waals surface area contributed by atoms with E-state index in [1.165, 1.54) is 6.07 Å². The average Bonchev–Trinajstić information content (AvgIpc) is 3.83. The second-order valence-corrected chi connectivity index (χ2v) is 17.6. The summed E-state index contributed by atoms with van der Waals surface area (Å²) in [7, 11) is 7.77. The quantitative estimate of drug-likeness (QED) is 0.0118. The summed E-state index contributed by atoms with van der Waals surface area (Å²) in [4.78, 5) is 69.4. The molecule has 4 amide bonds. The standard InChI is InChI=1S/C51H60ClN11O7/c1-61(2)36-19-22-39-43(28-36)70-44-29-37(62(3)4)20-23-40(44)47(39)38-21-16-33(27-41(38)51(68)69)49(66)57-25-9-5-8-24-56-46(64)13-7-6-11-34-31-63(60-59-34)35-17-14-32(15-18-35)50(67)58-42(48(54)65)12-10-26-55-45(53)30-52/h14-23,27-29,31,42H,5-13,24-26,30H2,1-4H3,(H7-,53,54,55,56,57,58,64,65,66,67,68,69)/p+1/t42-/m0/s1. The maximum Gasteiger partial charge on any atom is 0.336 e. The van der Waals surface area contributed by atoms with Crippen molar-refractivity contribution in [2.75, 3.05) is 58.6 Å². The molecule has 70 heavy (non-hydrogen) atoms. The van der Waals surface area contributed by atoms with Gasteiger partial charge in [0.15, 0.2) is 0 Å². The van der Waals surface area contributed by atoms with E-state index < -0.39 is 23.8 Å². The maximum atomic E-state index is 13.3. The van der Waals surface area contributed by atoms with Crippen molar-refractivity contribution in [3.8, 4) is 28.1 Å². The number of aryl methyl sites for hydroxylation is 1. The largest absolute Gasteiger partial charge is 0.478 e. The minimum absolute atomic E-state index is 0.00535. The summed E-state index contributed by atoms with van der Waals surface area (Å²) in [5.74, 6) is -1.62. The van der Waals surface area contributed by atoms with Crippen LogP contribution in [0.1, 0.15) is 88.1 Å². The Hall–Kier alpha value is -7.60. The predicted molar refractivity (Wildman–Crippen MR) is 272 cm³/mol. The van der Waals surface area contributed by atoms with E-state index in [0.717, 1.165) is 47.0 Å². The van der Waals surface area contributed by atoms with E-state index in [1.54, 1.807) is 47.3 Å². The molecule has 0 fully saturated rings. The molecule has 1 aliphatic heterocycles. The third kappa shape index (κ3) is 13.8. The zero-order chi connectivity index (χ0) is 50.3. The molecule has 6 rings (SSSR count). The average molecular weight is 976 g/mol. The Morgan fingerprint density at radius 2 is 1.57 bits per heavy atom. The number of carboxylic acid groups (broad SMARTS) is 1. The molecule has 3 aromatic carbocycles. The van der Waals surface area contributed by atoms with Gasteiger partial charge in [0.1, 0.15) is 37.3 Å². The van der Waals surface area contributed by atoms with Crippen molar-refractivity contribution in [3.63, 3.8) is 0 Å². The Morgan fingerprint density at radius 3 is 2.27 bits per heavy atom. The first-order valence-corrected chi connectivity index (χ1v) is 23.7. The lowest BCUT2D eigenvalue weighted by atomic mass is 9.89. The van der Waals surface area contributed by atoms with E-state index in [2.05, 4.69) is 31.3 Å². The molecule has 4 aromatic rings. The number of fused-ring (bicyclic) bond motifs is 2. The van der Waals surface area contributed by atoms with Crippen LogP contribution in [0, 0.1) is 0 Å². The Balaban J connectivity index is 0.907. The molecule has 19 heteroatoms. The van der Waals surface area contributed by atoms with Crippen LogP contribution in [0.3, 0.4) is 0 Å². The Labute approximate surface area is 411 Å². The normalized spacial score (nSPS) is 11.9. The number of hydrogen-bond acceptors (Lipinski definition) is 10. The molecule has 0 spiro atoms. The molecule has 0 radical (unpaired) electrons. The van der Waals surface area contributed by atoms with Gasteiger partial charge in [-0.05, 0) is 112 Å². The van der Waals surface area contributed by atoms with Gasteiger partial charge in [0.2, 0.25) is 17.2 Å². The van der Waals surface area contributed by atoms with Gasteiger partial charge in [0, 0.05) is 85.6 Å². The van der Waals surface area contributed by atoms with E-state index in [4.69, 9.17) is 27.5 Å². The number of aliphatic imine (C=N–C) groups is 1. The van der Waals surface area contributed by atoms with E-state index in [9.17, 15) is 29.1 Å². The number of anilines is 1. The van der Waals surface area contributed by atoms with Gasteiger partial charge in [0.25, 0.3) is 11.8 Å². The van der Waals surface area contributed by atoms with E-state index in [0.29, 0.717) is 97.7 Å². The van der Waals surface area contributed by atoms with Crippen molar-refractivity contribution >= 4 is 63.7 Å². The van der Waals surface area contributed by atoms with Crippen molar-refractivity contribution in [1.29, 1.82) is 0 Å². The zero-order valence-corrected chi connectivity index (χ0v) is 40.7. The van der Waals surface area contributed by atoms with E-state index in [1.807, 2.05) is 74.1 Å². The molecule has 368 valence electrons. The van der Waals surface area contributed by atoms with Gasteiger partial charge in [-0.25, -0.2) is 14.1 Å². The lowest BCUT2D eigenvalue weighted by Crippen LogP contribution is -2.44. The highest BCUT2D eigenvalue weighted by atomic mass is 35.5. The first kappa shape index (κ1) is 51.8. The highest BCUT2D eigenvalue weighted by molar-refractivity contribution is 6.28. The number of hydrogen-bond donors (Lipinski definition) is 6. The number of primary amides is 1. The molecule has 1 aliphatic carbocycles. The van der Waals surface area contributed by atoms with Crippen LogP contribution < -0.4 is 42.3 Å². The third-order valence-electron chi connectivity index (χ3n) is 11.7. The molecule has 2 aliphatic rings. The van der Waals surface area contributed by atoms with Gasteiger partial charge in [-0.15, -0.1) is 16.7 Å². The number of carboxylic acids is 1. The summed E-state index contributed by atoms with van der Waals surface area (Å²) in [5.41, 5.74) is 16.6. The van der Waals surface area contributed by atoms with Crippen molar-refractivity contribution in [2.45, 2.75) is 63.8 Å². The van der Waals surface area contributed by atoms with Gasteiger partial charge in [-0.2, -0.15) is 0 Å². The van der Waals surface area contributed by atoms with Crippen LogP contribution in [0.4, 0.5) is 5.69 Å². The van der Waals surface area contributed by atoms with Crippen molar-refractivity contribution in [3.05, 3.63) is 113 Å². The number of nitrogens with zero attached hydrogens (tertiary/aromatic N) is 6. The number of carbonyl (C=O) groups excluding carboxylic acids is 4. The SMILES string of the molecule is CN(C)c1ccc2c(-c3ccc(C(=O)NCCCCCNC(=O)CCCCc4cn(-c5ccc(C(=O)N[C@@H](CCCN=C(N)CCl)C(N)=O)cc5)nn4)cc3C(=O)O)c3ccc(=[N+](C)C)cc-3oc2c1. The fourth-order valence-corrected chi connectivity index (χ4v) is 7.91. The number of nitrogens with one attached hydrogen (secondary N) is 3. The first-order valence-electron chi connectivity index (χ1n) is 23.2. The number of aromatic carboxylic acids is 1. The molecule has 0 saturated heterocycles. The minimum Gasteiger partial charge on any atom is -0.478 e. The van der Waals surface area contributed by atoms with E-state index in [-0.39, 0.29) is 28.8 Å². The van der Waals surface area contributed by atoms with Crippen LogP contribution in [0.2, 0.25) is 0 Å². The molecule has 0 bridgehead atoms. The van der Waals surface area contributed by atoms with Gasteiger partial charge < -0.3 is 41.8 Å². The van der Waals surface area contributed by atoms with Crippen molar-refractivity contribution < 1.29 is 33.5 Å². The Kier molecular flexibility index (Phi) is 18.2. The number of amides is 4. The second-order valence-electron chi connectivity index (χ2n) is 17.3. The van der Waals surface area contributed by atoms with Crippen molar-refractivity contribution in [2.24, 2.45) is 16.5 Å². The monoisotopic (exact) mass is 974 g/mol. The summed E-state index contributed by atoms with van der Waals surface area (Å²) < 4.78 is 9.98. The highest BCUT2D eigenvalue weighted by Crippen LogP contribution is 2.42. The molecule has 0 unspecified atom stereocenters. The summed E-state index contributed by atoms with van der Waals surface area (Å²) in [5, 5.41) is 29.1. The maximum absolute atomic E-state index is 13.3. The number of benzene rings is 4. The smallest absolute Gasteiger partial charge is 0.336 e. The molecule has 1 atom stereocenters. The molecule has 1 aromatic heterocycles.